The maximum Gasteiger partial charge on any atom is 0.408 e. The molecule has 5 nitrogen and oxygen atoms in total. The number of fused-ring (bicyclic) bond motifs is 3. The number of benzene rings is 2. The van der Waals surface area contributed by atoms with Crippen LogP contribution in [0.4, 0.5) is 0 Å². The molecule has 0 radical (unpaired) electrons. The van der Waals surface area contributed by atoms with E-state index in [2.05, 4.69) is 36.2 Å². The fourth-order valence-electron chi connectivity index (χ4n) is 3.05. The van der Waals surface area contributed by atoms with Crippen LogP contribution in [0.5, 0.6) is 0 Å². The van der Waals surface area contributed by atoms with Gasteiger partial charge in [0.2, 0.25) is 0 Å². The number of aromatic amines is 1. The number of aryl methyl sites for hydroxylation is 1. The Hall–Kier alpha value is -2.95. The molecule has 0 aliphatic rings. The minimum Gasteiger partial charge on any atom is -0.244 e. The predicted octanol–water partition coefficient (Wildman–Crippen LogP) is 2.88. The highest BCUT2D eigenvalue weighted by Crippen LogP contribution is 2.16. The van der Waals surface area contributed by atoms with Gasteiger partial charge in [0.05, 0.1) is 5.69 Å². The molecule has 0 saturated heterocycles. The van der Waals surface area contributed by atoms with E-state index in [1.54, 1.807) is 4.68 Å². The quantitative estimate of drug-likeness (QED) is 0.578. The highest BCUT2D eigenvalue weighted by molar-refractivity contribution is 5.72. The molecule has 2 aromatic heterocycles. The van der Waals surface area contributed by atoms with Crippen LogP contribution in [0.25, 0.3) is 22.2 Å². The first-order valence-electron chi connectivity index (χ1n) is 8.09. The molecule has 0 unspecified atom stereocenters. The van der Waals surface area contributed by atoms with Gasteiger partial charge in [0.1, 0.15) is 5.52 Å². The molecule has 0 saturated carbocycles. The number of para-hydroxylation sites is 2. The summed E-state index contributed by atoms with van der Waals surface area (Å²) in [5, 5.41) is 3.19. The van der Waals surface area contributed by atoms with Crippen molar-refractivity contribution < 1.29 is 4.52 Å². The van der Waals surface area contributed by atoms with E-state index in [4.69, 9.17) is 0 Å². The molecule has 2 heterocycles. The van der Waals surface area contributed by atoms with Crippen molar-refractivity contribution in [1.82, 2.24) is 14.9 Å². The molecule has 0 aliphatic carbocycles. The lowest BCUT2D eigenvalue weighted by atomic mass is 10.0. The number of nitrogens with one attached hydrogen (secondary N) is 1. The molecule has 1 N–H and O–H groups in total. The molecule has 0 bridgehead atoms. The largest absolute Gasteiger partial charge is 0.408 e. The van der Waals surface area contributed by atoms with E-state index in [0.717, 1.165) is 16.7 Å². The normalized spacial score (nSPS) is 11.7. The molecule has 0 aliphatic heterocycles. The number of rotatable bonds is 2. The minimum absolute atomic E-state index is 0.0944. The van der Waals surface area contributed by atoms with Gasteiger partial charge in [0.25, 0.3) is 5.52 Å². The zero-order chi connectivity index (χ0) is 16.8. The molecule has 120 valence electrons. The molecule has 2 aromatic carbocycles. The molecular weight excluding hydrogens is 300 g/mol. The molecule has 4 rings (SSSR count). The third kappa shape index (κ3) is 2.12. The molecule has 0 fully saturated rings. The Morgan fingerprint density at radius 3 is 2.50 bits per heavy atom. The summed E-state index contributed by atoms with van der Waals surface area (Å²) in [5.74, 6) is 0.461. The predicted molar refractivity (Wildman–Crippen MR) is 93.7 cm³/mol. The third-order valence-corrected chi connectivity index (χ3v) is 4.40. The molecule has 0 atom stereocenters. The number of H-pyrrole nitrogens is 1. The Labute approximate surface area is 139 Å². The summed E-state index contributed by atoms with van der Waals surface area (Å²) in [6.07, 6.45) is 0. The van der Waals surface area contributed by atoms with Gasteiger partial charge in [-0.15, -0.1) is 4.52 Å². The molecule has 24 heavy (non-hydrogen) atoms. The van der Waals surface area contributed by atoms with Crippen LogP contribution in [-0.4, -0.2) is 14.9 Å². The van der Waals surface area contributed by atoms with Crippen LogP contribution in [0.3, 0.4) is 0 Å². The summed E-state index contributed by atoms with van der Waals surface area (Å²) in [6.45, 7) is 6.17. The Morgan fingerprint density at radius 2 is 1.79 bits per heavy atom. The second-order valence-electron chi connectivity index (χ2n) is 6.36. The summed E-state index contributed by atoms with van der Waals surface area (Å²) in [5.41, 5.74) is 5.00. The third-order valence-electron chi connectivity index (χ3n) is 4.40. The molecular formula is C19H19N4O+. The lowest BCUT2D eigenvalue weighted by molar-refractivity contribution is -0.556. The number of hydrogen-bond donors (Lipinski definition) is 1. The van der Waals surface area contributed by atoms with Gasteiger partial charge in [-0.3, -0.25) is 0 Å². The maximum atomic E-state index is 12.9. The maximum absolute atomic E-state index is 12.9. The lowest BCUT2D eigenvalue weighted by Crippen LogP contribution is -2.27. The fraction of sp³-hybridized carbons (Fsp3) is 0.211. The standard InChI is InChI=1S/C19H18N4O/c1-12(2)14-8-10-15(11-9-14)22-19(24)18-13(3)20-16-6-4-5-7-17(16)23(18)21-22/h4-12H,1-3H3/p+1. The molecule has 4 aromatic rings. The van der Waals surface area contributed by atoms with Crippen LogP contribution in [0.2, 0.25) is 0 Å². The molecule has 0 spiro atoms. The summed E-state index contributed by atoms with van der Waals surface area (Å²) < 4.78 is 3.39. The number of aromatic nitrogens is 4. The summed E-state index contributed by atoms with van der Waals surface area (Å²) in [7, 11) is 0. The van der Waals surface area contributed by atoms with Crippen LogP contribution in [0, 0.1) is 6.92 Å². The van der Waals surface area contributed by atoms with E-state index in [1.807, 2.05) is 47.8 Å². The first kappa shape index (κ1) is 14.6. The van der Waals surface area contributed by atoms with Gasteiger partial charge in [-0.1, -0.05) is 48.0 Å². The van der Waals surface area contributed by atoms with Gasteiger partial charge in [-0.2, -0.15) is 0 Å². The van der Waals surface area contributed by atoms with Gasteiger partial charge in [-0.05, 0) is 42.7 Å². The van der Waals surface area contributed by atoms with Crippen LogP contribution in [0.15, 0.2) is 53.3 Å². The smallest absolute Gasteiger partial charge is 0.244 e. The summed E-state index contributed by atoms with van der Waals surface area (Å²) in [4.78, 5) is 17.4. The Balaban J connectivity index is 2.00. The highest BCUT2D eigenvalue weighted by atomic mass is 16.1. The van der Waals surface area contributed by atoms with Crippen LogP contribution < -0.4 is 10.1 Å². The SMILES string of the molecule is Cc1nc2ccccc2[n+]2[nH]n(-c3ccc(C(C)C)cc3)c(=O)c12. The van der Waals surface area contributed by atoms with Crippen molar-refractivity contribution in [3.63, 3.8) is 0 Å². The Bertz CT molecular complexity index is 1100. The van der Waals surface area contributed by atoms with Crippen molar-refractivity contribution in [3.05, 3.63) is 70.1 Å². The fourth-order valence-corrected chi connectivity index (χ4v) is 3.05. The first-order valence-corrected chi connectivity index (χ1v) is 8.09. The van der Waals surface area contributed by atoms with E-state index >= 15 is 0 Å². The van der Waals surface area contributed by atoms with Crippen LogP contribution >= 0.6 is 0 Å². The van der Waals surface area contributed by atoms with Crippen molar-refractivity contribution in [3.8, 4) is 5.69 Å². The van der Waals surface area contributed by atoms with Crippen LogP contribution in [0.1, 0.15) is 31.0 Å². The van der Waals surface area contributed by atoms with Crippen molar-refractivity contribution >= 4 is 16.6 Å². The lowest BCUT2D eigenvalue weighted by Gasteiger charge is -2.04. The minimum atomic E-state index is -0.0944. The second kappa shape index (κ2) is 5.30. The van der Waals surface area contributed by atoms with Gasteiger partial charge < -0.3 is 0 Å². The molecule has 0 amide bonds. The van der Waals surface area contributed by atoms with Crippen LogP contribution in [-0.2, 0) is 0 Å². The van der Waals surface area contributed by atoms with Gasteiger partial charge in [-0.25, -0.2) is 9.78 Å². The Kier molecular flexibility index (Phi) is 3.23. The topological polar surface area (TPSA) is 54.8 Å². The second-order valence-corrected chi connectivity index (χ2v) is 6.36. The highest BCUT2D eigenvalue weighted by Gasteiger charge is 2.22. The number of nitrogens with zero attached hydrogens (tertiary/aromatic N) is 3. The van der Waals surface area contributed by atoms with Gasteiger partial charge in [0, 0.05) is 0 Å². The summed E-state index contributed by atoms with van der Waals surface area (Å²) >= 11 is 0. The van der Waals surface area contributed by atoms with Crippen molar-refractivity contribution in [2.45, 2.75) is 26.7 Å². The van der Waals surface area contributed by atoms with Crippen molar-refractivity contribution in [1.29, 1.82) is 0 Å². The van der Waals surface area contributed by atoms with Gasteiger partial charge >= 0.3 is 5.56 Å². The van der Waals surface area contributed by atoms with E-state index in [0.29, 0.717) is 17.1 Å². The number of hydrogen-bond acceptors (Lipinski definition) is 2. The van der Waals surface area contributed by atoms with E-state index in [-0.39, 0.29) is 5.56 Å². The van der Waals surface area contributed by atoms with E-state index in [9.17, 15) is 4.79 Å². The monoisotopic (exact) mass is 319 g/mol. The van der Waals surface area contributed by atoms with Crippen molar-refractivity contribution in [2.75, 3.05) is 0 Å². The average Bonchev–Trinajstić information content (AvgIpc) is 2.93. The van der Waals surface area contributed by atoms with E-state index < -0.39 is 0 Å². The van der Waals surface area contributed by atoms with Gasteiger partial charge in [0.15, 0.2) is 11.2 Å². The summed E-state index contributed by atoms with van der Waals surface area (Å²) in [6, 6.07) is 15.9. The first-order chi connectivity index (χ1) is 11.6. The Morgan fingerprint density at radius 1 is 1.08 bits per heavy atom. The average molecular weight is 319 g/mol. The zero-order valence-electron chi connectivity index (χ0n) is 13.9. The van der Waals surface area contributed by atoms with E-state index in [1.165, 1.54) is 5.56 Å². The van der Waals surface area contributed by atoms with Crippen molar-refractivity contribution in [2.24, 2.45) is 0 Å². The zero-order valence-corrected chi connectivity index (χ0v) is 13.9. The molecule has 5 heteroatoms.